The van der Waals surface area contributed by atoms with Gasteiger partial charge in [-0.2, -0.15) is 0 Å². The summed E-state index contributed by atoms with van der Waals surface area (Å²) in [7, 11) is -1.26. The van der Waals surface area contributed by atoms with Crippen molar-refractivity contribution in [2.75, 3.05) is 13.1 Å². The van der Waals surface area contributed by atoms with Crippen LogP contribution in [0.3, 0.4) is 0 Å². The van der Waals surface area contributed by atoms with Gasteiger partial charge in [0.25, 0.3) is 5.91 Å². The van der Waals surface area contributed by atoms with Crippen molar-refractivity contribution >= 4 is 28.3 Å². The number of carbonyl (C=O) groups excluding carboxylic acids is 1. The predicted molar refractivity (Wildman–Crippen MR) is 122 cm³/mol. The van der Waals surface area contributed by atoms with Crippen LogP contribution in [-0.2, 0) is 23.1 Å². The van der Waals surface area contributed by atoms with E-state index in [4.69, 9.17) is 16.0 Å². The van der Waals surface area contributed by atoms with Crippen LogP contribution in [-0.4, -0.2) is 34.1 Å². The number of halogens is 1. The van der Waals surface area contributed by atoms with Gasteiger partial charge >= 0.3 is 0 Å². The monoisotopic (exact) mass is 456 g/mol. The Hall–Kier alpha value is -2.41. The molecule has 5 nitrogen and oxygen atoms in total. The highest BCUT2D eigenvalue weighted by molar-refractivity contribution is 7.84. The van der Waals surface area contributed by atoms with Gasteiger partial charge in [0, 0.05) is 35.6 Å². The van der Waals surface area contributed by atoms with Gasteiger partial charge in [-0.15, -0.1) is 0 Å². The van der Waals surface area contributed by atoms with E-state index in [-0.39, 0.29) is 23.5 Å². The van der Waals surface area contributed by atoms with E-state index in [1.807, 2.05) is 6.07 Å². The molecule has 1 amide bonds. The van der Waals surface area contributed by atoms with Crippen molar-refractivity contribution < 1.29 is 13.4 Å². The molecule has 0 aliphatic carbocycles. The maximum absolute atomic E-state index is 12.6. The zero-order valence-electron chi connectivity index (χ0n) is 17.1. The Labute approximate surface area is 189 Å². The number of benzene rings is 2. The Kier molecular flexibility index (Phi) is 7.22. The summed E-state index contributed by atoms with van der Waals surface area (Å²) in [6.45, 7) is 2.83. The number of hydrogen-bond donors (Lipinski definition) is 1. The highest BCUT2D eigenvalue weighted by Crippen LogP contribution is 2.18. The minimum absolute atomic E-state index is 0.135. The smallest absolute Gasteiger partial charge is 0.287 e. The lowest BCUT2D eigenvalue weighted by molar-refractivity contribution is 0.0879. The van der Waals surface area contributed by atoms with Crippen LogP contribution >= 0.6 is 11.6 Å². The molecule has 1 aliphatic rings. The molecule has 1 unspecified atom stereocenters. The van der Waals surface area contributed by atoms with Gasteiger partial charge in [0.2, 0.25) is 0 Å². The number of amides is 1. The summed E-state index contributed by atoms with van der Waals surface area (Å²) < 4.78 is 18.1. The first-order valence-electron chi connectivity index (χ1n) is 10.4. The molecule has 31 heavy (non-hydrogen) atoms. The van der Waals surface area contributed by atoms with Crippen molar-refractivity contribution in [1.82, 2.24) is 10.2 Å². The molecule has 2 aromatic carbocycles. The molecule has 1 saturated heterocycles. The average Bonchev–Trinajstić information content (AvgIpc) is 3.25. The summed E-state index contributed by atoms with van der Waals surface area (Å²) in [5.74, 6) is 0.781. The molecular formula is C24H25ClN2O3S. The first kappa shape index (κ1) is 21.8. The Bertz CT molecular complexity index is 1030. The summed E-state index contributed by atoms with van der Waals surface area (Å²) in [5, 5.41) is 3.67. The minimum Gasteiger partial charge on any atom is -0.455 e. The Balaban J connectivity index is 1.25. The second-order valence-corrected chi connectivity index (χ2v) is 9.61. The number of nitrogens with one attached hydrogen (secondary N) is 1. The lowest BCUT2D eigenvalue weighted by Crippen LogP contribution is -2.44. The quantitative estimate of drug-likeness (QED) is 0.562. The average molecular weight is 457 g/mol. The SMILES string of the molecule is O=C(NC1CCN(Cc2ccccc2)CC1)c1ccc(CS(=O)c2ccc(Cl)cc2)o1. The second-order valence-electron chi connectivity index (χ2n) is 7.72. The third kappa shape index (κ3) is 6.06. The molecular weight excluding hydrogens is 432 g/mol. The van der Waals surface area contributed by atoms with Gasteiger partial charge in [0.05, 0.1) is 16.6 Å². The highest BCUT2D eigenvalue weighted by atomic mass is 35.5. The van der Waals surface area contributed by atoms with Crippen LogP contribution < -0.4 is 5.32 Å². The second kappa shape index (κ2) is 10.3. The Morgan fingerprint density at radius 2 is 1.74 bits per heavy atom. The van der Waals surface area contributed by atoms with E-state index in [2.05, 4.69) is 34.5 Å². The fraction of sp³-hybridized carbons (Fsp3) is 0.292. The van der Waals surface area contributed by atoms with Crippen LogP contribution in [0.2, 0.25) is 5.02 Å². The molecule has 4 rings (SSSR count). The third-order valence-corrected chi connectivity index (χ3v) is 7.00. The largest absolute Gasteiger partial charge is 0.455 e. The highest BCUT2D eigenvalue weighted by Gasteiger charge is 2.22. The van der Waals surface area contributed by atoms with Gasteiger partial charge in [-0.25, -0.2) is 0 Å². The van der Waals surface area contributed by atoms with Crippen LogP contribution in [0.5, 0.6) is 0 Å². The number of piperidine rings is 1. The van der Waals surface area contributed by atoms with Crippen LogP contribution in [0.1, 0.15) is 34.7 Å². The number of furan rings is 1. The molecule has 1 atom stereocenters. The molecule has 1 N–H and O–H groups in total. The number of likely N-dealkylation sites (tertiary alicyclic amines) is 1. The van der Waals surface area contributed by atoms with Gasteiger partial charge in [0.15, 0.2) is 5.76 Å². The molecule has 1 aromatic heterocycles. The summed E-state index contributed by atoms with van der Waals surface area (Å²) in [6.07, 6.45) is 1.82. The third-order valence-electron chi connectivity index (χ3n) is 5.41. The van der Waals surface area contributed by atoms with Gasteiger partial charge in [0.1, 0.15) is 5.76 Å². The van der Waals surface area contributed by atoms with Crippen molar-refractivity contribution in [1.29, 1.82) is 0 Å². The van der Waals surface area contributed by atoms with E-state index in [1.54, 1.807) is 36.4 Å². The number of hydrogen-bond acceptors (Lipinski definition) is 4. The van der Waals surface area contributed by atoms with Crippen molar-refractivity contribution in [2.24, 2.45) is 0 Å². The van der Waals surface area contributed by atoms with E-state index < -0.39 is 10.8 Å². The first-order chi connectivity index (χ1) is 15.1. The zero-order chi connectivity index (χ0) is 21.6. The fourth-order valence-corrected chi connectivity index (χ4v) is 4.86. The molecule has 2 heterocycles. The molecule has 1 aliphatic heterocycles. The normalized spacial score (nSPS) is 16.2. The maximum Gasteiger partial charge on any atom is 0.287 e. The van der Waals surface area contributed by atoms with Crippen LogP contribution in [0, 0.1) is 0 Å². The summed E-state index contributed by atoms with van der Waals surface area (Å²) in [6, 6.07) is 20.8. The molecule has 0 spiro atoms. The van der Waals surface area contributed by atoms with Crippen molar-refractivity contribution in [2.45, 2.75) is 36.1 Å². The first-order valence-corrected chi connectivity index (χ1v) is 12.1. The maximum atomic E-state index is 12.6. The molecule has 0 radical (unpaired) electrons. The number of nitrogens with zero attached hydrogens (tertiary/aromatic N) is 1. The van der Waals surface area contributed by atoms with Gasteiger partial charge < -0.3 is 9.73 Å². The molecule has 0 bridgehead atoms. The van der Waals surface area contributed by atoms with E-state index >= 15 is 0 Å². The van der Waals surface area contributed by atoms with Crippen LogP contribution in [0.4, 0.5) is 0 Å². The lowest BCUT2D eigenvalue weighted by Gasteiger charge is -2.32. The van der Waals surface area contributed by atoms with E-state index in [9.17, 15) is 9.00 Å². The lowest BCUT2D eigenvalue weighted by atomic mass is 10.0. The van der Waals surface area contributed by atoms with Crippen molar-refractivity contribution in [3.05, 3.63) is 88.8 Å². The van der Waals surface area contributed by atoms with Crippen molar-refractivity contribution in [3.63, 3.8) is 0 Å². The Morgan fingerprint density at radius 1 is 1.03 bits per heavy atom. The molecule has 0 saturated carbocycles. The fourth-order valence-electron chi connectivity index (χ4n) is 3.71. The van der Waals surface area contributed by atoms with E-state index in [0.29, 0.717) is 15.7 Å². The molecule has 162 valence electrons. The van der Waals surface area contributed by atoms with Crippen LogP contribution in [0.25, 0.3) is 0 Å². The van der Waals surface area contributed by atoms with Gasteiger partial charge in [-0.05, 0) is 54.8 Å². The summed E-state index contributed by atoms with van der Waals surface area (Å²) in [4.78, 5) is 15.7. The minimum atomic E-state index is -1.26. The van der Waals surface area contributed by atoms with Crippen molar-refractivity contribution in [3.8, 4) is 0 Å². The molecule has 7 heteroatoms. The zero-order valence-corrected chi connectivity index (χ0v) is 18.7. The Morgan fingerprint density at radius 3 is 2.45 bits per heavy atom. The van der Waals surface area contributed by atoms with Gasteiger partial charge in [-0.3, -0.25) is 13.9 Å². The topological polar surface area (TPSA) is 62.6 Å². The standard InChI is InChI=1S/C24H25ClN2O3S/c25-19-6-9-22(10-7-19)31(29)17-21-8-11-23(30-21)24(28)26-20-12-14-27(15-13-20)16-18-4-2-1-3-5-18/h1-11,20H,12-17H2,(H,26,28). The van der Waals surface area contributed by atoms with Crippen LogP contribution in [0.15, 0.2) is 76.0 Å². The molecule has 1 fully saturated rings. The van der Waals surface area contributed by atoms with E-state index in [1.165, 1.54) is 5.56 Å². The molecule has 3 aromatic rings. The summed E-state index contributed by atoms with van der Waals surface area (Å²) in [5.41, 5.74) is 1.31. The summed E-state index contributed by atoms with van der Waals surface area (Å²) >= 11 is 5.87. The van der Waals surface area contributed by atoms with E-state index in [0.717, 1.165) is 32.5 Å². The number of carbonyl (C=O) groups is 1. The predicted octanol–water partition coefficient (Wildman–Crippen LogP) is 4.64. The van der Waals surface area contributed by atoms with Gasteiger partial charge in [-0.1, -0.05) is 41.9 Å². The number of rotatable bonds is 7.